The summed E-state index contributed by atoms with van der Waals surface area (Å²) in [5.41, 5.74) is 0.941. The predicted octanol–water partition coefficient (Wildman–Crippen LogP) is 3.13. The average molecular weight is 253 g/mol. The molecular weight excluding hydrogens is 242 g/mol. The van der Waals surface area contributed by atoms with E-state index in [1.807, 2.05) is 24.3 Å². The lowest BCUT2D eigenvalue weighted by Crippen LogP contribution is -1.92. The molecule has 0 saturated carbocycles. The number of hydrogen-bond acceptors (Lipinski definition) is 4. The maximum absolute atomic E-state index is 5.43. The summed E-state index contributed by atoms with van der Waals surface area (Å²) in [6.07, 6.45) is 1.73. The zero-order chi connectivity index (χ0) is 12.8. The maximum atomic E-state index is 5.43. The lowest BCUT2D eigenvalue weighted by molar-refractivity contribution is 0.174. The smallest absolute Gasteiger partial charge is 0.231 e. The second-order valence-electron chi connectivity index (χ2n) is 4.44. The van der Waals surface area contributed by atoms with Gasteiger partial charge in [-0.1, -0.05) is 12.1 Å². The first-order chi connectivity index (χ1) is 9.35. The summed E-state index contributed by atoms with van der Waals surface area (Å²) >= 11 is 0. The lowest BCUT2D eigenvalue weighted by Gasteiger charge is -2.06. The summed E-state index contributed by atoms with van der Waals surface area (Å²) in [6, 6.07) is 10.0. The van der Waals surface area contributed by atoms with E-state index in [2.05, 4.69) is 11.1 Å². The van der Waals surface area contributed by atoms with Crippen molar-refractivity contribution in [2.45, 2.75) is 0 Å². The van der Waals surface area contributed by atoms with Crippen molar-refractivity contribution in [3.05, 3.63) is 36.5 Å². The molecule has 0 unspecified atom stereocenters. The van der Waals surface area contributed by atoms with E-state index in [1.165, 1.54) is 0 Å². The Kier molecular flexibility index (Phi) is 2.06. The van der Waals surface area contributed by atoms with Crippen molar-refractivity contribution in [2.75, 3.05) is 13.9 Å². The molecule has 1 aliphatic heterocycles. The van der Waals surface area contributed by atoms with Crippen LogP contribution in [0.3, 0.4) is 0 Å². The zero-order valence-electron chi connectivity index (χ0n) is 10.3. The molecule has 2 aromatic carbocycles. The highest BCUT2D eigenvalue weighted by Crippen LogP contribution is 2.38. The largest absolute Gasteiger partial charge is 0.495 e. The predicted molar refractivity (Wildman–Crippen MR) is 71.9 cm³/mol. The molecule has 4 heteroatoms. The highest BCUT2D eigenvalue weighted by Gasteiger charge is 2.15. The molecule has 19 heavy (non-hydrogen) atoms. The van der Waals surface area contributed by atoms with Crippen LogP contribution < -0.4 is 14.2 Å². The fourth-order valence-electron chi connectivity index (χ4n) is 2.41. The topological polar surface area (TPSA) is 40.6 Å². The number of rotatable bonds is 1. The van der Waals surface area contributed by atoms with Crippen LogP contribution in [-0.2, 0) is 0 Å². The van der Waals surface area contributed by atoms with E-state index >= 15 is 0 Å². The van der Waals surface area contributed by atoms with E-state index < -0.39 is 0 Å². The first-order valence-corrected chi connectivity index (χ1v) is 6.01. The molecule has 0 spiro atoms. The Hall–Kier alpha value is -2.49. The Morgan fingerprint density at radius 1 is 1.05 bits per heavy atom. The van der Waals surface area contributed by atoms with Gasteiger partial charge in [-0.3, -0.25) is 4.98 Å². The molecule has 2 heterocycles. The second kappa shape index (κ2) is 3.75. The molecule has 1 aliphatic rings. The van der Waals surface area contributed by atoms with Crippen molar-refractivity contribution in [3.8, 4) is 17.2 Å². The first-order valence-electron chi connectivity index (χ1n) is 6.01. The number of ether oxygens (including phenoxy) is 3. The summed E-state index contributed by atoms with van der Waals surface area (Å²) in [4.78, 5) is 4.48. The van der Waals surface area contributed by atoms with Crippen LogP contribution in [0.25, 0.3) is 21.7 Å². The molecule has 0 fully saturated rings. The Morgan fingerprint density at radius 2 is 1.84 bits per heavy atom. The van der Waals surface area contributed by atoms with Gasteiger partial charge in [0.15, 0.2) is 11.5 Å². The molecule has 0 aliphatic carbocycles. The molecule has 0 atom stereocenters. The van der Waals surface area contributed by atoms with Gasteiger partial charge in [-0.2, -0.15) is 0 Å². The molecule has 0 saturated heterocycles. The van der Waals surface area contributed by atoms with Crippen LogP contribution >= 0.6 is 0 Å². The minimum Gasteiger partial charge on any atom is -0.495 e. The Morgan fingerprint density at radius 3 is 2.68 bits per heavy atom. The van der Waals surface area contributed by atoms with Crippen LogP contribution in [0, 0.1) is 0 Å². The minimum atomic E-state index is 0.283. The summed E-state index contributed by atoms with van der Waals surface area (Å²) in [6.45, 7) is 0.283. The third-order valence-corrected chi connectivity index (χ3v) is 3.37. The van der Waals surface area contributed by atoms with E-state index in [4.69, 9.17) is 14.2 Å². The standard InChI is InChI=1S/C15H11NO3/c1-17-11-4-10-3-2-9-5-13-14(19-8-18-13)6-12(9)15(10)16-7-11/h2-7H,8H2,1H3. The van der Waals surface area contributed by atoms with Crippen LogP contribution in [-0.4, -0.2) is 18.9 Å². The summed E-state index contributed by atoms with van der Waals surface area (Å²) < 4.78 is 16.0. The highest BCUT2D eigenvalue weighted by atomic mass is 16.7. The number of benzene rings is 2. The third-order valence-electron chi connectivity index (χ3n) is 3.37. The summed E-state index contributed by atoms with van der Waals surface area (Å²) in [7, 11) is 1.64. The fraction of sp³-hybridized carbons (Fsp3) is 0.133. The Balaban J connectivity index is 2.07. The Bertz CT molecular complexity index is 798. The Labute approximate surface area is 109 Å². The van der Waals surface area contributed by atoms with Crippen molar-refractivity contribution in [2.24, 2.45) is 0 Å². The zero-order valence-corrected chi connectivity index (χ0v) is 10.3. The molecule has 3 aromatic rings. The molecule has 4 nitrogen and oxygen atoms in total. The van der Waals surface area contributed by atoms with Gasteiger partial charge in [-0.15, -0.1) is 0 Å². The normalized spacial score (nSPS) is 13.1. The van der Waals surface area contributed by atoms with Crippen molar-refractivity contribution in [1.29, 1.82) is 0 Å². The molecule has 0 amide bonds. The van der Waals surface area contributed by atoms with Gasteiger partial charge in [-0.25, -0.2) is 0 Å². The highest BCUT2D eigenvalue weighted by molar-refractivity contribution is 6.06. The number of methoxy groups -OCH3 is 1. The number of pyridine rings is 1. The molecule has 94 valence electrons. The number of fused-ring (bicyclic) bond motifs is 4. The molecular formula is C15H11NO3. The van der Waals surface area contributed by atoms with E-state index in [0.29, 0.717) is 0 Å². The monoisotopic (exact) mass is 253 g/mol. The van der Waals surface area contributed by atoms with E-state index in [0.717, 1.165) is 38.9 Å². The third kappa shape index (κ3) is 1.50. The van der Waals surface area contributed by atoms with Gasteiger partial charge in [0.2, 0.25) is 6.79 Å². The molecule has 0 bridgehead atoms. The van der Waals surface area contributed by atoms with Gasteiger partial charge in [0, 0.05) is 10.8 Å². The van der Waals surface area contributed by atoms with Crippen molar-refractivity contribution in [3.63, 3.8) is 0 Å². The number of aromatic nitrogens is 1. The first kappa shape index (κ1) is 10.4. The molecule has 4 rings (SSSR count). The van der Waals surface area contributed by atoms with Crippen LogP contribution in [0.4, 0.5) is 0 Å². The van der Waals surface area contributed by atoms with Crippen molar-refractivity contribution in [1.82, 2.24) is 4.98 Å². The van der Waals surface area contributed by atoms with Gasteiger partial charge >= 0.3 is 0 Å². The maximum Gasteiger partial charge on any atom is 0.231 e. The van der Waals surface area contributed by atoms with Crippen LogP contribution in [0.15, 0.2) is 36.5 Å². The fourth-order valence-corrected chi connectivity index (χ4v) is 2.41. The summed E-state index contributed by atoms with van der Waals surface area (Å²) in [5.74, 6) is 2.32. The van der Waals surface area contributed by atoms with Gasteiger partial charge in [0.05, 0.1) is 18.8 Å². The molecule has 1 aromatic heterocycles. The SMILES string of the molecule is COc1cnc2c(ccc3cc4c(cc32)OCO4)c1. The van der Waals surface area contributed by atoms with Crippen LogP contribution in [0.5, 0.6) is 17.2 Å². The van der Waals surface area contributed by atoms with Gasteiger partial charge in [0.1, 0.15) is 5.75 Å². The van der Waals surface area contributed by atoms with E-state index in [9.17, 15) is 0 Å². The summed E-state index contributed by atoms with van der Waals surface area (Å²) in [5, 5.41) is 3.20. The molecule has 0 radical (unpaired) electrons. The van der Waals surface area contributed by atoms with Crippen LogP contribution in [0.2, 0.25) is 0 Å². The van der Waals surface area contributed by atoms with Crippen molar-refractivity contribution >= 4 is 21.7 Å². The van der Waals surface area contributed by atoms with Gasteiger partial charge in [0.25, 0.3) is 0 Å². The minimum absolute atomic E-state index is 0.283. The number of hydrogen-bond donors (Lipinski definition) is 0. The average Bonchev–Trinajstić information content (AvgIpc) is 2.91. The second-order valence-corrected chi connectivity index (χ2v) is 4.44. The quantitative estimate of drug-likeness (QED) is 0.625. The molecule has 0 N–H and O–H groups in total. The van der Waals surface area contributed by atoms with E-state index in [1.54, 1.807) is 13.3 Å². The van der Waals surface area contributed by atoms with Gasteiger partial charge < -0.3 is 14.2 Å². The number of nitrogens with zero attached hydrogens (tertiary/aromatic N) is 1. The van der Waals surface area contributed by atoms with Crippen LogP contribution in [0.1, 0.15) is 0 Å². The van der Waals surface area contributed by atoms with Gasteiger partial charge in [-0.05, 0) is 23.6 Å². The lowest BCUT2D eigenvalue weighted by atomic mass is 10.1. The van der Waals surface area contributed by atoms with Crippen molar-refractivity contribution < 1.29 is 14.2 Å². The van der Waals surface area contributed by atoms with E-state index in [-0.39, 0.29) is 6.79 Å².